The van der Waals surface area contributed by atoms with Gasteiger partial charge in [-0.2, -0.15) is 0 Å². The number of piperazine rings is 1. The van der Waals surface area contributed by atoms with Crippen LogP contribution in [0.3, 0.4) is 0 Å². The van der Waals surface area contributed by atoms with E-state index in [1.54, 1.807) is 45.0 Å². The van der Waals surface area contributed by atoms with Gasteiger partial charge in [-0.3, -0.25) is 14.5 Å². The first-order valence-electron chi connectivity index (χ1n) is 10.8. The van der Waals surface area contributed by atoms with E-state index < -0.39 is 23.3 Å². The van der Waals surface area contributed by atoms with Gasteiger partial charge in [0.1, 0.15) is 11.2 Å². The minimum Gasteiger partial charge on any atom is -0.508 e. The summed E-state index contributed by atoms with van der Waals surface area (Å²) in [6.07, 6.45) is 0. The van der Waals surface area contributed by atoms with Crippen LogP contribution in [0.5, 0.6) is 5.75 Å². The number of benzene rings is 2. The first kappa shape index (κ1) is 21.7. The van der Waals surface area contributed by atoms with Crippen molar-refractivity contribution in [2.45, 2.75) is 20.8 Å². The minimum atomic E-state index is -1.28. The van der Waals surface area contributed by atoms with Crippen molar-refractivity contribution in [3.63, 3.8) is 0 Å². The lowest BCUT2D eigenvalue weighted by Crippen LogP contribution is -2.63. The number of rotatable bonds is 4. The van der Waals surface area contributed by atoms with Crippen molar-refractivity contribution in [3.8, 4) is 5.75 Å². The first-order valence-corrected chi connectivity index (χ1v) is 10.8. The van der Waals surface area contributed by atoms with Crippen molar-refractivity contribution in [3.05, 3.63) is 48.5 Å². The summed E-state index contributed by atoms with van der Waals surface area (Å²) in [6.45, 7) is 8.40. The highest BCUT2D eigenvalue weighted by atomic mass is 16.3. The van der Waals surface area contributed by atoms with E-state index in [0.29, 0.717) is 5.69 Å². The van der Waals surface area contributed by atoms with Gasteiger partial charge in [0.15, 0.2) is 0 Å². The summed E-state index contributed by atoms with van der Waals surface area (Å²) in [5, 5.41) is 9.47. The number of barbiturate groups is 1. The lowest BCUT2D eigenvalue weighted by atomic mass is 9.87. The van der Waals surface area contributed by atoms with E-state index in [9.17, 15) is 19.5 Å². The van der Waals surface area contributed by atoms with Crippen LogP contribution >= 0.6 is 0 Å². The van der Waals surface area contributed by atoms with Crippen molar-refractivity contribution in [2.24, 2.45) is 5.41 Å². The number of carbonyl (C=O) groups is 3. The molecule has 1 N–H and O–H groups in total. The maximum absolute atomic E-state index is 12.9. The molecule has 168 valence electrons. The molecule has 8 nitrogen and oxygen atoms in total. The van der Waals surface area contributed by atoms with E-state index in [1.165, 1.54) is 0 Å². The predicted molar refractivity (Wildman–Crippen MR) is 123 cm³/mol. The SMILES string of the molecule is CCN1C(=O)N(c2ccc(N3CCN(c4ccc(O)cc4)CC3)cc2)C(=O)C(C)(C)C1=O. The number of carbonyl (C=O) groups excluding carboxylic acids is 3. The van der Waals surface area contributed by atoms with Gasteiger partial charge in [0, 0.05) is 44.1 Å². The van der Waals surface area contributed by atoms with Crippen LogP contribution in [0.25, 0.3) is 0 Å². The Labute approximate surface area is 187 Å². The summed E-state index contributed by atoms with van der Waals surface area (Å²) in [6, 6.07) is 14.0. The largest absolute Gasteiger partial charge is 0.508 e. The lowest BCUT2D eigenvalue weighted by molar-refractivity contribution is -0.147. The molecule has 0 radical (unpaired) electrons. The standard InChI is InChI=1S/C24H28N4O4/c1-4-27-21(30)24(2,3)22(31)28(23(27)32)19-7-5-17(6-8-19)25-13-15-26(16-14-25)18-9-11-20(29)12-10-18/h5-12,29H,4,13-16H2,1-3H3. The van der Waals surface area contributed by atoms with Crippen LogP contribution in [0.4, 0.5) is 21.9 Å². The summed E-state index contributed by atoms with van der Waals surface area (Å²) in [5.74, 6) is -0.713. The van der Waals surface area contributed by atoms with Gasteiger partial charge in [0.05, 0.1) is 5.69 Å². The van der Waals surface area contributed by atoms with Gasteiger partial charge in [-0.25, -0.2) is 9.69 Å². The molecule has 0 atom stereocenters. The highest BCUT2D eigenvalue weighted by molar-refractivity contribution is 6.29. The Morgan fingerprint density at radius 1 is 0.750 bits per heavy atom. The van der Waals surface area contributed by atoms with Crippen LogP contribution in [-0.4, -0.2) is 60.6 Å². The number of urea groups is 1. The van der Waals surface area contributed by atoms with Crippen molar-refractivity contribution >= 4 is 34.9 Å². The van der Waals surface area contributed by atoms with E-state index in [0.717, 1.165) is 47.4 Å². The quantitative estimate of drug-likeness (QED) is 0.742. The average molecular weight is 437 g/mol. The van der Waals surface area contributed by atoms with Crippen molar-refractivity contribution in [2.75, 3.05) is 47.4 Å². The summed E-state index contributed by atoms with van der Waals surface area (Å²) in [5.41, 5.74) is 1.27. The minimum absolute atomic E-state index is 0.217. The van der Waals surface area contributed by atoms with E-state index in [2.05, 4.69) is 9.80 Å². The third kappa shape index (κ3) is 3.66. The van der Waals surface area contributed by atoms with Gasteiger partial charge in [-0.15, -0.1) is 0 Å². The van der Waals surface area contributed by atoms with Crippen LogP contribution in [0, 0.1) is 5.41 Å². The van der Waals surface area contributed by atoms with Crippen molar-refractivity contribution < 1.29 is 19.5 Å². The summed E-state index contributed by atoms with van der Waals surface area (Å²) < 4.78 is 0. The molecule has 2 aromatic rings. The molecule has 0 saturated carbocycles. The number of phenols is 1. The monoisotopic (exact) mass is 436 g/mol. The number of anilines is 3. The summed E-state index contributed by atoms with van der Waals surface area (Å²) >= 11 is 0. The molecule has 4 amide bonds. The fourth-order valence-corrected chi connectivity index (χ4v) is 4.21. The zero-order valence-corrected chi connectivity index (χ0v) is 18.6. The lowest BCUT2D eigenvalue weighted by Gasteiger charge is -2.40. The fraction of sp³-hybridized carbons (Fsp3) is 0.375. The second-order valence-electron chi connectivity index (χ2n) is 8.60. The highest BCUT2D eigenvalue weighted by Gasteiger charge is 2.51. The van der Waals surface area contributed by atoms with Gasteiger partial charge < -0.3 is 14.9 Å². The third-order valence-electron chi connectivity index (χ3n) is 6.22. The van der Waals surface area contributed by atoms with E-state index >= 15 is 0 Å². The zero-order chi connectivity index (χ0) is 23.0. The average Bonchev–Trinajstić information content (AvgIpc) is 2.80. The Bertz CT molecular complexity index is 1020. The van der Waals surface area contributed by atoms with Crippen LogP contribution in [0.1, 0.15) is 20.8 Å². The topological polar surface area (TPSA) is 84.4 Å². The molecule has 2 aliphatic heterocycles. The number of amides is 4. The Kier molecular flexibility index (Phi) is 5.54. The normalized spacial score (nSPS) is 19.0. The van der Waals surface area contributed by atoms with Gasteiger partial charge in [-0.05, 0) is 69.3 Å². The second kappa shape index (κ2) is 8.18. The van der Waals surface area contributed by atoms with Gasteiger partial charge in [-0.1, -0.05) is 0 Å². The molecule has 4 rings (SSSR count). The molecule has 2 fully saturated rings. The Morgan fingerprint density at radius 2 is 1.19 bits per heavy atom. The molecule has 2 aromatic carbocycles. The van der Waals surface area contributed by atoms with Crippen LogP contribution in [0.2, 0.25) is 0 Å². The van der Waals surface area contributed by atoms with E-state index in [1.807, 2.05) is 24.3 Å². The number of aromatic hydroxyl groups is 1. The molecule has 0 bridgehead atoms. The van der Waals surface area contributed by atoms with Gasteiger partial charge in [0.25, 0.3) is 0 Å². The number of phenolic OH excluding ortho intramolecular Hbond substituents is 1. The predicted octanol–water partition coefficient (Wildman–Crippen LogP) is 3.06. The summed E-state index contributed by atoms with van der Waals surface area (Å²) in [4.78, 5) is 45.0. The number of imide groups is 2. The Hall–Kier alpha value is -3.55. The van der Waals surface area contributed by atoms with Gasteiger partial charge in [0.2, 0.25) is 11.8 Å². The number of nitrogens with zero attached hydrogens (tertiary/aromatic N) is 4. The van der Waals surface area contributed by atoms with Crippen molar-refractivity contribution in [1.29, 1.82) is 0 Å². The molecular formula is C24H28N4O4. The summed E-state index contributed by atoms with van der Waals surface area (Å²) in [7, 11) is 0. The van der Waals surface area contributed by atoms with Crippen LogP contribution in [0.15, 0.2) is 48.5 Å². The molecule has 0 aromatic heterocycles. The molecule has 8 heteroatoms. The highest BCUT2D eigenvalue weighted by Crippen LogP contribution is 2.33. The van der Waals surface area contributed by atoms with E-state index in [4.69, 9.17) is 0 Å². The Morgan fingerprint density at radius 3 is 1.66 bits per heavy atom. The molecule has 32 heavy (non-hydrogen) atoms. The molecule has 2 aliphatic rings. The first-order chi connectivity index (χ1) is 15.2. The van der Waals surface area contributed by atoms with Crippen LogP contribution < -0.4 is 14.7 Å². The van der Waals surface area contributed by atoms with Gasteiger partial charge >= 0.3 is 6.03 Å². The van der Waals surface area contributed by atoms with E-state index in [-0.39, 0.29) is 12.3 Å². The molecule has 0 unspecified atom stereocenters. The molecule has 0 aliphatic carbocycles. The molecule has 2 saturated heterocycles. The van der Waals surface area contributed by atoms with Crippen molar-refractivity contribution in [1.82, 2.24) is 4.90 Å². The molecule has 2 heterocycles. The number of hydrogen-bond donors (Lipinski definition) is 1. The van der Waals surface area contributed by atoms with Crippen LogP contribution in [-0.2, 0) is 9.59 Å². The second-order valence-corrected chi connectivity index (χ2v) is 8.60. The molecular weight excluding hydrogens is 408 g/mol. The smallest absolute Gasteiger partial charge is 0.338 e. The Balaban J connectivity index is 1.47. The number of hydrogen-bond acceptors (Lipinski definition) is 6. The zero-order valence-electron chi connectivity index (χ0n) is 18.6. The maximum Gasteiger partial charge on any atom is 0.338 e. The fourth-order valence-electron chi connectivity index (χ4n) is 4.21. The maximum atomic E-state index is 12.9. The third-order valence-corrected chi connectivity index (χ3v) is 6.22. The molecule has 0 spiro atoms.